The average molecular weight is 247 g/mol. The number of nitrogens with zero attached hydrogens (tertiary/aromatic N) is 2. The van der Waals surface area contributed by atoms with Crippen LogP contribution in [0.4, 0.5) is 0 Å². The summed E-state index contributed by atoms with van der Waals surface area (Å²) in [4.78, 5) is 6.63. The largest absolute Gasteiger partial charge is 0.326 e. The van der Waals surface area contributed by atoms with Crippen molar-refractivity contribution in [1.82, 2.24) is 9.88 Å². The lowest BCUT2D eigenvalue weighted by molar-refractivity contribution is 0.187. The fourth-order valence-electron chi connectivity index (χ4n) is 3.22. The average Bonchev–Trinajstić information content (AvgIpc) is 2.83. The number of likely N-dealkylation sites (N-methyl/N-ethyl adjacent to an activating group) is 1. The minimum Gasteiger partial charge on any atom is -0.326 e. The van der Waals surface area contributed by atoms with Crippen LogP contribution < -0.4 is 5.73 Å². The topological polar surface area (TPSA) is 42.1 Å². The van der Waals surface area contributed by atoms with Gasteiger partial charge in [0.15, 0.2) is 0 Å². The summed E-state index contributed by atoms with van der Waals surface area (Å²) < 4.78 is 0. The molecule has 3 heteroatoms. The van der Waals surface area contributed by atoms with Crippen molar-refractivity contribution < 1.29 is 0 Å². The predicted molar refractivity (Wildman–Crippen MR) is 75.2 cm³/mol. The first-order valence-corrected chi connectivity index (χ1v) is 7.04. The molecule has 0 radical (unpaired) electrons. The molecule has 2 rings (SSSR count). The molecule has 1 aromatic heterocycles. The van der Waals surface area contributed by atoms with E-state index in [1.165, 1.54) is 31.2 Å². The Hall–Kier alpha value is -0.930. The van der Waals surface area contributed by atoms with E-state index in [1.807, 2.05) is 18.5 Å². The fourth-order valence-corrected chi connectivity index (χ4v) is 3.22. The zero-order valence-corrected chi connectivity index (χ0v) is 11.5. The summed E-state index contributed by atoms with van der Waals surface area (Å²) in [6.45, 7) is 3.24. The first kappa shape index (κ1) is 13.5. The summed E-state index contributed by atoms with van der Waals surface area (Å²) in [5.41, 5.74) is 7.40. The zero-order valence-electron chi connectivity index (χ0n) is 11.5. The lowest BCUT2D eigenvalue weighted by Gasteiger charge is -2.33. The highest BCUT2D eigenvalue weighted by molar-refractivity contribution is 5.15. The smallest absolute Gasteiger partial charge is 0.0509 e. The molecule has 1 aliphatic rings. The van der Waals surface area contributed by atoms with E-state index in [9.17, 15) is 0 Å². The number of aromatic nitrogens is 1. The Kier molecular flexibility index (Phi) is 4.72. The van der Waals surface area contributed by atoms with Crippen molar-refractivity contribution in [3.63, 3.8) is 0 Å². The Labute approximate surface area is 110 Å². The Bertz CT molecular complexity index is 344. The van der Waals surface area contributed by atoms with Gasteiger partial charge in [0.25, 0.3) is 0 Å². The van der Waals surface area contributed by atoms with E-state index < -0.39 is 0 Å². The summed E-state index contributed by atoms with van der Waals surface area (Å²) in [6.07, 6.45) is 9.31. The second-order valence-electron chi connectivity index (χ2n) is 5.68. The molecule has 0 saturated heterocycles. The Morgan fingerprint density at radius 2 is 2.17 bits per heavy atom. The lowest BCUT2D eigenvalue weighted by atomic mass is 9.99. The highest BCUT2D eigenvalue weighted by Gasteiger charge is 2.25. The lowest BCUT2D eigenvalue weighted by Crippen LogP contribution is -2.39. The van der Waals surface area contributed by atoms with E-state index in [2.05, 4.69) is 29.9 Å². The van der Waals surface area contributed by atoms with Crippen LogP contribution in [0.2, 0.25) is 0 Å². The Balaban J connectivity index is 2.05. The molecule has 100 valence electrons. The molecule has 0 bridgehead atoms. The molecule has 0 aromatic carbocycles. The molecule has 1 saturated carbocycles. The summed E-state index contributed by atoms with van der Waals surface area (Å²) in [5, 5.41) is 0. The third-order valence-electron chi connectivity index (χ3n) is 4.02. The van der Waals surface area contributed by atoms with Gasteiger partial charge in [0, 0.05) is 25.0 Å². The van der Waals surface area contributed by atoms with Gasteiger partial charge < -0.3 is 5.73 Å². The Morgan fingerprint density at radius 1 is 1.44 bits per heavy atom. The third-order valence-corrected chi connectivity index (χ3v) is 4.02. The minimum atomic E-state index is 0.126. The predicted octanol–water partition coefficient (Wildman–Crippen LogP) is 2.59. The molecule has 1 fully saturated rings. The summed E-state index contributed by atoms with van der Waals surface area (Å²) in [5.74, 6) is 0.855. The third kappa shape index (κ3) is 3.30. The second kappa shape index (κ2) is 6.30. The number of pyridine rings is 1. The molecule has 0 amide bonds. The van der Waals surface area contributed by atoms with Gasteiger partial charge in [-0.15, -0.1) is 0 Å². The number of hydrogen-bond donors (Lipinski definition) is 1. The van der Waals surface area contributed by atoms with Gasteiger partial charge in [0.1, 0.15) is 0 Å². The maximum Gasteiger partial charge on any atom is 0.0509 e. The van der Waals surface area contributed by atoms with Crippen LogP contribution in [0, 0.1) is 5.92 Å². The van der Waals surface area contributed by atoms with Gasteiger partial charge in [-0.2, -0.15) is 0 Å². The van der Waals surface area contributed by atoms with Crippen LogP contribution >= 0.6 is 0 Å². The van der Waals surface area contributed by atoms with Crippen molar-refractivity contribution in [1.29, 1.82) is 0 Å². The van der Waals surface area contributed by atoms with E-state index in [0.29, 0.717) is 0 Å². The van der Waals surface area contributed by atoms with Crippen LogP contribution in [0.25, 0.3) is 0 Å². The molecule has 0 spiro atoms. The van der Waals surface area contributed by atoms with Crippen molar-refractivity contribution in [3.8, 4) is 0 Å². The van der Waals surface area contributed by atoms with Crippen molar-refractivity contribution in [3.05, 3.63) is 30.1 Å². The first-order valence-electron chi connectivity index (χ1n) is 7.04. The van der Waals surface area contributed by atoms with Crippen molar-refractivity contribution in [2.75, 3.05) is 13.6 Å². The molecule has 18 heavy (non-hydrogen) atoms. The summed E-state index contributed by atoms with van der Waals surface area (Å²) in [6, 6.07) is 4.53. The van der Waals surface area contributed by atoms with Gasteiger partial charge in [-0.1, -0.05) is 18.9 Å². The van der Waals surface area contributed by atoms with E-state index in [1.54, 1.807) is 0 Å². The van der Waals surface area contributed by atoms with Crippen LogP contribution in [-0.2, 0) is 0 Å². The van der Waals surface area contributed by atoms with Crippen LogP contribution in [-0.4, -0.2) is 29.5 Å². The van der Waals surface area contributed by atoms with Crippen LogP contribution in [0.5, 0.6) is 0 Å². The standard InChI is InChI=1S/C15H25N3/c1-12(16)15(14-8-5-9-17-10-14)18(2)11-13-6-3-4-7-13/h5,8-10,12-13,15H,3-4,6-7,11,16H2,1-2H3. The van der Waals surface area contributed by atoms with Crippen molar-refractivity contribution >= 4 is 0 Å². The molecule has 0 aliphatic heterocycles. The van der Waals surface area contributed by atoms with E-state index in [0.717, 1.165) is 12.5 Å². The van der Waals surface area contributed by atoms with Crippen molar-refractivity contribution in [2.24, 2.45) is 11.7 Å². The quantitative estimate of drug-likeness (QED) is 0.869. The highest BCUT2D eigenvalue weighted by Crippen LogP contribution is 2.29. The van der Waals surface area contributed by atoms with Gasteiger partial charge in [-0.05, 0) is 44.4 Å². The molecule has 2 unspecified atom stereocenters. The Morgan fingerprint density at radius 3 is 2.72 bits per heavy atom. The monoisotopic (exact) mass is 247 g/mol. The zero-order chi connectivity index (χ0) is 13.0. The van der Waals surface area contributed by atoms with E-state index >= 15 is 0 Å². The molecule has 1 heterocycles. The van der Waals surface area contributed by atoms with Crippen LogP contribution in [0.15, 0.2) is 24.5 Å². The van der Waals surface area contributed by atoms with Gasteiger partial charge >= 0.3 is 0 Å². The number of rotatable bonds is 5. The summed E-state index contributed by atoms with van der Waals surface area (Å²) in [7, 11) is 2.19. The molecule has 1 aromatic rings. The highest BCUT2D eigenvalue weighted by atomic mass is 15.1. The number of hydrogen-bond acceptors (Lipinski definition) is 3. The molecular weight excluding hydrogens is 222 g/mol. The summed E-state index contributed by atoms with van der Waals surface area (Å²) >= 11 is 0. The van der Waals surface area contributed by atoms with Crippen LogP contribution in [0.3, 0.4) is 0 Å². The maximum atomic E-state index is 6.17. The van der Waals surface area contributed by atoms with Crippen molar-refractivity contribution in [2.45, 2.75) is 44.7 Å². The fraction of sp³-hybridized carbons (Fsp3) is 0.667. The normalized spacial score (nSPS) is 20.2. The molecule has 3 nitrogen and oxygen atoms in total. The van der Waals surface area contributed by atoms with Gasteiger partial charge in [-0.25, -0.2) is 0 Å². The second-order valence-corrected chi connectivity index (χ2v) is 5.68. The molecule has 2 atom stereocenters. The van der Waals surface area contributed by atoms with Gasteiger partial charge in [-0.3, -0.25) is 9.88 Å². The minimum absolute atomic E-state index is 0.126. The number of nitrogens with two attached hydrogens (primary N) is 1. The maximum absolute atomic E-state index is 6.17. The van der Waals surface area contributed by atoms with Gasteiger partial charge in [0.05, 0.1) is 6.04 Å². The van der Waals surface area contributed by atoms with E-state index in [-0.39, 0.29) is 12.1 Å². The van der Waals surface area contributed by atoms with Gasteiger partial charge in [0.2, 0.25) is 0 Å². The van der Waals surface area contributed by atoms with Crippen LogP contribution in [0.1, 0.15) is 44.2 Å². The SMILES string of the molecule is CC(N)C(c1cccnc1)N(C)CC1CCCC1. The molecule has 2 N–H and O–H groups in total. The molecule has 1 aliphatic carbocycles. The molecular formula is C15H25N3. The van der Waals surface area contributed by atoms with E-state index in [4.69, 9.17) is 5.73 Å². The first-order chi connectivity index (χ1) is 8.68.